The molecule has 132 valence electrons. The maximum Gasteiger partial charge on any atom is 1.00 e. The first kappa shape index (κ1) is 25.8. The summed E-state index contributed by atoms with van der Waals surface area (Å²) in [6.07, 6.45) is 16.1. The van der Waals surface area contributed by atoms with Crippen LogP contribution in [0, 0.1) is 0 Å². The van der Waals surface area contributed by atoms with E-state index in [-0.39, 0.29) is 36.0 Å². The zero-order chi connectivity index (χ0) is 16.7. The Morgan fingerprint density at radius 2 is 1.09 bits per heavy atom. The van der Waals surface area contributed by atoms with Crippen LogP contribution in [0.4, 0.5) is 0 Å². The average Bonchev–Trinajstić information content (AvgIpc) is 2.42. The zero-order valence-corrected chi connectivity index (χ0v) is 18.0. The quantitative estimate of drug-likeness (QED) is 0.239. The largest absolute Gasteiger partial charge is 1.00 e. The number of hydrogen-bond acceptors (Lipinski definition) is 4. The Labute approximate surface area is 165 Å². The van der Waals surface area contributed by atoms with E-state index in [0.717, 1.165) is 12.8 Å². The number of carbonyl (C=O) groups excluding carboxylic acids is 1. The van der Waals surface area contributed by atoms with E-state index in [1.807, 2.05) is 0 Å². The first-order chi connectivity index (χ1) is 10.5. The van der Waals surface area contributed by atoms with Gasteiger partial charge in [0, 0.05) is 6.42 Å². The van der Waals surface area contributed by atoms with Crippen LogP contribution in [0.15, 0.2) is 0 Å². The van der Waals surface area contributed by atoms with Gasteiger partial charge in [0.2, 0.25) is 0 Å². The summed E-state index contributed by atoms with van der Waals surface area (Å²) in [5.41, 5.74) is 0. The van der Waals surface area contributed by atoms with Crippen molar-refractivity contribution in [1.82, 2.24) is 0 Å². The van der Waals surface area contributed by atoms with Crippen LogP contribution in [-0.4, -0.2) is 24.5 Å². The Morgan fingerprint density at radius 1 is 0.739 bits per heavy atom. The molecule has 0 bridgehead atoms. The summed E-state index contributed by atoms with van der Waals surface area (Å²) in [5.74, 6) is -1.29. The second-order valence-electron chi connectivity index (χ2n) is 6.23. The van der Waals surface area contributed by atoms with Crippen LogP contribution in [0.5, 0.6) is 0 Å². The number of Topliss-reactive ketones (excluding diaryl/α,β-unsaturated/α-hetero) is 1. The fraction of sp³-hybridized carbons (Fsp3) is 0.941. The van der Waals surface area contributed by atoms with Crippen molar-refractivity contribution in [3.8, 4) is 0 Å². The molecule has 0 amide bonds. The predicted octanol–water partition coefficient (Wildman–Crippen LogP) is 1.59. The first-order valence-electron chi connectivity index (χ1n) is 8.91. The van der Waals surface area contributed by atoms with Crippen molar-refractivity contribution in [3.05, 3.63) is 0 Å². The molecule has 0 saturated heterocycles. The van der Waals surface area contributed by atoms with Gasteiger partial charge < -0.3 is 4.55 Å². The maximum atomic E-state index is 11.2. The van der Waals surface area contributed by atoms with E-state index in [1.54, 1.807) is 0 Å². The minimum absolute atomic E-state index is 0. The molecule has 0 aromatic rings. The third kappa shape index (κ3) is 22.6. The molecule has 0 aliphatic carbocycles. The molecule has 0 aliphatic rings. The van der Waals surface area contributed by atoms with Gasteiger partial charge >= 0.3 is 29.6 Å². The van der Waals surface area contributed by atoms with Gasteiger partial charge in [0.05, 0.1) is 5.75 Å². The van der Waals surface area contributed by atoms with Crippen LogP contribution in [0.2, 0.25) is 0 Å². The number of unbranched alkanes of at least 4 members (excludes halogenated alkanes) is 12. The smallest absolute Gasteiger partial charge is 0.748 e. The predicted molar refractivity (Wildman–Crippen MR) is 89.9 cm³/mol. The molecule has 0 radical (unpaired) electrons. The Hall–Kier alpha value is 0.580. The maximum absolute atomic E-state index is 11.2. The molecule has 6 heteroatoms. The molecule has 0 heterocycles. The number of carbonyl (C=O) groups is 1. The topological polar surface area (TPSA) is 74.3 Å². The van der Waals surface area contributed by atoms with Crippen LogP contribution in [0.25, 0.3) is 0 Å². The Balaban J connectivity index is 0. The van der Waals surface area contributed by atoms with Gasteiger partial charge in [0.25, 0.3) is 0 Å². The monoisotopic (exact) mass is 356 g/mol. The molecule has 0 N–H and O–H groups in total. The van der Waals surface area contributed by atoms with Gasteiger partial charge in [0.15, 0.2) is 0 Å². The van der Waals surface area contributed by atoms with Gasteiger partial charge in [-0.15, -0.1) is 0 Å². The summed E-state index contributed by atoms with van der Waals surface area (Å²) in [6.45, 7) is 2.24. The molecule has 0 atom stereocenters. The van der Waals surface area contributed by atoms with Gasteiger partial charge in [-0.2, -0.15) is 0 Å². The molecule has 0 aromatic carbocycles. The van der Waals surface area contributed by atoms with Crippen LogP contribution < -0.4 is 29.6 Å². The molecule has 0 unspecified atom stereocenters. The first-order valence-corrected chi connectivity index (χ1v) is 10.5. The van der Waals surface area contributed by atoms with Gasteiger partial charge in [-0.3, -0.25) is 4.79 Å². The van der Waals surface area contributed by atoms with Crippen molar-refractivity contribution in [1.29, 1.82) is 0 Å². The van der Waals surface area contributed by atoms with E-state index in [2.05, 4.69) is 6.92 Å². The van der Waals surface area contributed by atoms with Crippen molar-refractivity contribution in [2.75, 3.05) is 5.75 Å². The van der Waals surface area contributed by atoms with E-state index < -0.39 is 21.7 Å². The molecule has 0 aromatic heterocycles. The number of ketones is 1. The van der Waals surface area contributed by atoms with Gasteiger partial charge in [-0.1, -0.05) is 84.0 Å². The normalized spacial score (nSPS) is 11.2. The van der Waals surface area contributed by atoms with Gasteiger partial charge in [-0.05, 0) is 6.42 Å². The molecule has 0 aliphatic heterocycles. The fourth-order valence-electron chi connectivity index (χ4n) is 2.61. The molecule has 0 saturated carbocycles. The Morgan fingerprint density at radius 3 is 1.43 bits per heavy atom. The summed E-state index contributed by atoms with van der Waals surface area (Å²) >= 11 is 0. The summed E-state index contributed by atoms with van der Waals surface area (Å²) < 4.78 is 31.2. The van der Waals surface area contributed by atoms with Crippen molar-refractivity contribution in [3.63, 3.8) is 0 Å². The molecular formula is C17H33NaO4S. The van der Waals surface area contributed by atoms with Crippen molar-refractivity contribution in [2.24, 2.45) is 0 Å². The molecule has 23 heavy (non-hydrogen) atoms. The van der Waals surface area contributed by atoms with Crippen LogP contribution in [0.3, 0.4) is 0 Å². The zero-order valence-electron chi connectivity index (χ0n) is 15.1. The minimum atomic E-state index is -4.39. The summed E-state index contributed by atoms with van der Waals surface area (Å²) in [7, 11) is -4.39. The standard InChI is InChI=1S/C17H34O4S.Na/c1-2-3-4-5-6-7-8-9-10-11-12-13-14-15-17(18)16-22(19,20)21;/h2-16H2,1H3,(H,19,20,21);/q;+1/p-1. The third-order valence-electron chi connectivity index (χ3n) is 3.90. The van der Waals surface area contributed by atoms with Crippen molar-refractivity contribution >= 4 is 15.9 Å². The van der Waals surface area contributed by atoms with Gasteiger partial charge in [0.1, 0.15) is 15.9 Å². The fourth-order valence-corrected chi connectivity index (χ4v) is 3.15. The number of hydrogen-bond donors (Lipinski definition) is 0. The molecular weight excluding hydrogens is 323 g/mol. The van der Waals surface area contributed by atoms with Crippen molar-refractivity contribution < 1.29 is 47.3 Å². The second kappa shape index (κ2) is 17.4. The molecule has 0 spiro atoms. The van der Waals surface area contributed by atoms with E-state index >= 15 is 0 Å². The van der Waals surface area contributed by atoms with Crippen LogP contribution in [-0.2, 0) is 14.9 Å². The van der Waals surface area contributed by atoms with Gasteiger partial charge in [-0.25, -0.2) is 8.42 Å². The summed E-state index contributed by atoms with van der Waals surface area (Å²) in [5, 5.41) is 0. The average molecular weight is 357 g/mol. The third-order valence-corrected chi connectivity index (χ3v) is 4.57. The van der Waals surface area contributed by atoms with E-state index in [1.165, 1.54) is 64.2 Å². The van der Waals surface area contributed by atoms with E-state index in [0.29, 0.717) is 6.42 Å². The minimum Gasteiger partial charge on any atom is -0.748 e. The summed E-state index contributed by atoms with van der Waals surface area (Å²) in [6, 6.07) is 0. The Kier molecular flexibility index (Phi) is 19.5. The van der Waals surface area contributed by atoms with Crippen LogP contribution >= 0.6 is 0 Å². The molecule has 0 fully saturated rings. The Bertz CT molecular complexity index is 369. The SMILES string of the molecule is CCCCCCCCCCCCCCCC(=O)CS(=O)(=O)[O-].[Na+]. The second-order valence-corrected chi connectivity index (χ2v) is 7.64. The van der Waals surface area contributed by atoms with E-state index in [4.69, 9.17) is 0 Å². The van der Waals surface area contributed by atoms with Crippen LogP contribution in [0.1, 0.15) is 96.8 Å². The molecule has 4 nitrogen and oxygen atoms in total. The summed E-state index contributed by atoms with van der Waals surface area (Å²) in [4.78, 5) is 11.2. The van der Waals surface area contributed by atoms with Crippen molar-refractivity contribution in [2.45, 2.75) is 96.8 Å². The number of rotatable bonds is 16. The van der Waals surface area contributed by atoms with E-state index in [9.17, 15) is 17.8 Å². The molecule has 0 rings (SSSR count).